The van der Waals surface area contributed by atoms with Crippen LogP contribution in [0.15, 0.2) is 17.1 Å². The summed E-state index contributed by atoms with van der Waals surface area (Å²) in [7, 11) is 3.49. The van der Waals surface area contributed by atoms with E-state index in [0.717, 1.165) is 60.5 Å². The smallest absolute Gasteiger partial charge is 0.191 e. The predicted octanol–water partition coefficient (Wildman–Crippen LogP) is 1.60. The van der Waals surface area contributed by atoms with Gasteiger partial charge in [-0.2, -0.15) is 5.10 Å². The third-order valence-corrected chi connectivity index (χ3v) is 5.27. The maximum atomic E-state index is 5.89. The molecule has 2 aliphatic heterocycles. The maximum absolute atomic E-state index is 5.89. The van der Waals surface area contributed by atoms with E-state index in [1.807, 2.05) is 11.6 Å². The van der Waals surface area contributed by atoms with Crippen LogP contribution in [0.3, 0.4) is 0 Å². The van der Waals surface area contributed by atoms with Gasteiger partial charge in [0.2, 0.25) is 0 Å². The lowest BCUT2D eigenvalue weighted by Gasteiger charge is -2.25. The zero-order valence-electron chi connectivity index (χ0n) is 17.0. The number of fused-ring (bicyclic) bond motifs is 2. The molecular weight excluding hydrogens is 356 g/mol. The molecule has 2 unspecified atom stereocenters. The SMILES string of the molecule is CN=C(NCc1cc2c(cc1OC)CC(C)O2)NC1CCc2nc(C)nn2C1. The van der Waals surface area contributed by atoms with Crippen LogP contribution in [-0.2, 0) is 25.9 Å². The van der Waals surface area contributed by atoms with Crippen LogP contribution in [-0.4, -0.2) is 47.0 Å². The van der Waals surface area contributed by atoms with Crippen molar-refractivity contribution >= 4 is 5.96 Å². The fourth-order valence-electron chi connectivity index (χ4n) is 3.93. The molecule has 0 saturated heterocycles. The van der Waals surface area contributed by atoms with Crippen molar-refractivity contribution in [1.82, 2.24) is 25.4 Å². The molecule has 4 rings (SSSR count). The molecule has 8 nitrogen and oxygen atoms in total. The van der Waals surface area contributed by atoms with Crippen LogP contribution < -0.4 is 20.1 Å². The van der Waals surface area contributed by atoms with Gasteiger partial charge in [-0.05, 0) is 32.4 Å². The molecule has 0 aliphatic carbocycles. The monoisotopic (exact) mass is 384 g/mol. The van der Waals surface area contributed by atoms with Crippen LogP contribution in [0.25, 0.3) is 0 Å². The number of benzene rings is 1. The molecule has 0 amide bonds. The van der Waals surface area contributed by atoms with Gasteiger partial charge in [0, 0.05) is 43.6 Å². The van der Waals surface area contributed by atoms with Gasteiger partial charge in [-0.1, -0.05) is 0 Å². The molecule has 0 bridgehead atoms. The van der Waals surface area contributed by atoms with E-state index in [0.29, 0.717) is 6.54 Å². The first-order valence-corrected chi connectivity index (χ1v) is 9.79. The Bertz CT molecular complexity index is 891. The summed E-state index contributed by atoms with van der Waals surface area (Å²) in [5.74, 6) is 4.49. The zero-order valence-corrected chi connectivity index (χ0v) is 17.0. The molecule has 0 fully saturated rings. The van der Waals surface area contributed by atoms with E-state index in [1.54, 1.807) is 14.2 Å². The van der Waals surface area contributed by atoms with Gasteiger partial charge in [0.25, 0.3) is 0 Å². The number of ether oxygens (including phenoxy) is 2. The fraction of sp³-hybridized carbons (Fsp3) is 0.550. The minimum absolute atomic E-state index is 0.217. The lowest BCUT2D eigenvalue weighted by molar-refractivity contribution is 0.254. The van der Waals surface area contributed by atoms with E-state index in [9.17, 15) is 0 Å². The summed E-state index contributed by atoms with van der Waals surface area (Å²) in [5, 5.41) is 11.4. The van der Waals surface area contributed by atoms with E-state index in [1.165, 1.54) is 5.56 Å². The number of rotatable bonds is 4. The van der Waals surface area contributed by atoms with Crippen LogP contribution in [0.2, 0.25) is 0 Å². The Morgan fingerprint density at radius 2 is 2.29 bits per heavy atom. The second kappa shape index (κ2) is 7.69. The number of hydrogen-bond acceptors (Lipinski definition) is 5. The average Bonchev–Trinajstić information content (AvgIpc) is 3.23. The van der Waals surface area contributed by atoms with Crippen molar-refractivity contribution in [2.45, 2.75) is 58.3 Å². The molecule has 2 aromatic rings. The summed E-state index contributed by atoms with van der Waals surface area (Å²) >= 11 is 0. The van der Waals surface area contributed by atoms with Gasteiger partial charge < -0.3 is 20.1 Å². The van der Waals surface area contributed by atoms with E-state index < -0.39 is 0 Å². The van der Waals surface area contributed by atoms with E-state index >= 15 is 0 Å². The average molecular weight is 384 g/mol. The Morgan fingerprint density at radius 3 is 3.07 bits per heavy atom. The lowest BCUT2D eigenvalue weighted by atomic mass is 10.1. The second-order valence-corrected chi connectivity index (χ2v) is 7.47. The molecule has 2 aliphatic rings. The molecular formula is C20H28N6O2. The zero-order chi connectivity index (χ0) is 19.7. The van der Waals surface area contributed by atoms with Crippen molar-refractivity contribution in [2.24, 2.45) is 4.99 Å². The highest BCUT2D eigenvalue weighted by atomic mass is 16.5. The quantitative estimate of drug-likeness (QED) is 0.615. The third kappa shape index (κ3) is 3.76. The Kier molecular flexibility index (Phi) is 5.11. The first kappa shape index (κ1) is 18.6. The summed E-state index contributed by atoms with van der Waals surface area (Å²) < 4.78 is 13.5. The number of nitrogens with one attached hydrogen (secondary N) is 2. The molecule has 1 aromatic carbocycles. The van der Waals surface area contributed by atoms with Crippen molar-refractivity contribution in [3.05, 3.63) is 34.9 Å². The molecule has 0 saturated carbocycles. The van der Waals surface area contributed by atoms with Gasteiger partial charge in [0.15, 0.2) is 5.96 Å². The van der Waals surface area contributed by atoms with Crippen molar-refractivity contribution in [3.8, 4) is 11.5 Å². The predicted molar refractivity (Wildman–Crippen MR) is 107 cm³/mol. The standard InChI is InChI=1S/C20H28N6O2/c1-12-7-14-8-17(27-4)15(9-18(14)28-12)10-22-20(21-3)24-16-5-6-19-23-13(2)25-26(19)11-16/h8-9,12,16H,5-7,10-11H2,1-4H3,(H2,21,22,24). The van der Waals surface area contributed by atoms with Gasteiger partial charge in [0.1, 0.15) is 29.3 Å². The molecule has 150 valence electrons. The van der Waals surface area contributed by atoms with Crippen LogP contribution in [0.1, 0.15) is 36.1 Å². The van der Waals surface area contributed by atoms with Gasteiger partial charge in [-0.3, -0.25) is 4.99 Å². The van der Waals surface area contributed by atoms with Crippen LogP contribution >= 0.6 is 0 Å². The summed E-state index contributed by atoms with van der Waals surface area (Å²) in [6.07, 6.45) is 3.07. The minimum atomic E-state index is 0.217. The van der Waals surface area contributed by atoms with Crippen molar-refractivity contribution < 1.29 is 9.47 Å². The number of guanidine groups is 1. The number of nitrogens with zero attached hydrogens (tertiary/aromatic N) is 4. The molecule has 3 heterocycles. The highest BCUT2D eigenvalue weighted by Crippen LogP contribution is 2.34. The van der Waals surface area contributed by atoms with Gasteiger partial charge in [-0.25, -0.2) is 9.67 Å². The normalized spacial score (nSPS) is 20.9. The Hall–Kier alpha value is -2.77. The van der Waals surface area contributed by atoms with E-state index in [2.05, 4.69) is 44.8 Å². The number of methoxy groups -OCH3 is 1. The highest BCUT2D eigenvalue weighted by molar-refractivity contribution is 5.80. The number of aliphatic imine (C=N–C) groups is 1. The van der Waals surface area contributed by atoms with E-state index in [-0.39, 0.29) is 12.1 Å². The number of aromatic nitrogens is 3. The third-order valence-electron chi connectivity index (χ3n) is 5.27. The summed E-state index contributed by atoms with van der Waals surface area (Å²) in [5.41, 5.74) is 2.26. The summed E-state index contributed by atoms with van der Waals surface area (Å²) in [6.45, 7) is 5.42. The molecule has 28 heavy (non-hydrogen) atoms. The van der Waals surface area contributed by atoms with E-state index in [4.69, 9.17) is 9.47 Å². The van der Waals surface area contributed by atoms with Gasteiger partial charge in [-0.15, -0.1) is 0 Å². The van der Waals surface area contributed by atoms with Crippen LogP contribution in [0.4, 0.5) is 0 Å². The highest BCUT2D eigenvalue weighted by Gasteiger charge is 2.23. The Balaban J connectivity index is 1.39. The topological polar surface area (TPSA) is 85.6 Å². The van der Waals surface area contributed by atoms with Gasteiger partial charge in [0.05, 0.1) is 13.7 Å². The largest absolute Gasteiger partial charge is 0.496 e. The molecule has 0 spiro atoms. The molecule has 2 N–H and O–H groups in total. The Morgan fingerprint density at radius 1 is 1.43 bits per heavy atom. The second-order valence-electron chi connectivity index (χ2n) is 7.47. The van der Waals surface area contributed by atoms with Crippen molar-refractivity contribution in [3.63, 3.8) is 0 Å². The first-order chi connectivity index (χ1) is 13.6. The van der Waals surface area contributed by atoms with Gasteiger partial charge >= 0.3 is 0 Å². The minimum Gasteiger partial charge on any atom is -0.496 e. The fourth-order valence-corrected chi connectivity index (χ4v) is 3.93. The van der Waals surface area contributed by atoms with Crippen LogP contribution in [0.5, 0.6) is 11.5 Å². The molecule has 0 radical (unpaired) electrons. The number of aryl methyl sites for hydroxylation is 2. The van der Waals surface area contributed by atoms with Crippen molar-refractivity contribution in [1.29, 1.82) is 0 Å². The Labute approximate surface area is 165 Å². The lowest BCUT2D eigenvalue weighted by Crippen LogP contribution is -2.46. The first-order valence-electron chi connectivity index (χ1n) is 9.79. The molecule has 1 aromatic heterocycles. The summed E-state index contributed by atoms with van der Waals surface area (Å²) in [6, 6.07) is 4.43. The maximum Gasteiger partial charge on any atom is 0.191 e. The summed E-state index contributed by atoms with van der Waals surface area (Å²) in [4.78, 5) is 8.84. The number of hydrogen-bond donors (Lipinski definition) is 2. The molecule has 2 atom stereocenters. The molecule has 8 heteroatoms. The van der Waals surface area contributed by atoms with Crippen molar-refractivity contribution in [2.75, 3.05) is 14.2 Å². The van der Waals surface area contributed by atoms with Crippen LogP contribution in [0, 0.1) is 6.92 Å².